The van der Waals surface area contributed by atoms with Crippen LogP contribution in [0.25, 0.3) is 0 Å². The molecule has 3 aliphatic rings. The zero-order valence-corrected chi connectivity index (χ0v) is 20.7. The van der Waals surface area contributed by atoms with E-state index in [-0.39, 0.29) is 24.5 Å². The van der Waals surface area contributed by atoms with Crippen molar-refractivity contribution in [3.8, 4) is 6.07 Å². The fourth-order valence-corrected chi connectivity index (χ4v) is 5.73. The third-order valence-electron chi connectivity index (χ3n) is 6.59. The number of nitriles is 1. The van der Waals surface area contributed by atoms with Crippen LogP contribution in [0.5, 0.6) is 0 Å². The molecule has 1 aromatic rings. The van der Waals surface area contributed by atoms with E-state index in [0.717, 1.165) is 0 Å². The second-order valence-electron chi connectivity index (χ2n) is 9.05. The minimum absolute atomic E-state index is 0.175. The fourth-order valence-electron chi connectivity index (χ4n) is 4.78. The van der Waals surface area contributed by atoms with Gasteiger partial charge in [-0.2, -0.15) is 5.26 Å². The summed E-state index contributed by atoms with van der Waals surface area (Å²) in [6, 6.07) is 4.93. The Morgan fingerprint density at radius 1 is 1.41 bits per heavy atom. The lowest BCUT2D eigenvalue weighted by Crippen LogP contribution is -2.57. The van der Waals surface area contributed by atoms with E-state index in [1.54, 1.807) is 12.1 Å². The number of morpholine rings is 1. The Morgan fingerprint density at radius 2 is 2.21 bits per heavy atom. The lowest BCUT2D eigenvalue weighted by molar-refractivity contribution is -0.135. The molecule has 3 heterocycles. The molecule has 4 atom stereocenters. The molecular weight excluding hydrogens is 478 g/mol. The molecule has 9 nitrogen and oxygen atoms in total. The van der Waals surface area contributed by atoms with E-state index in [1.165, 1.54) is 11.3 Å². The highest BCUT2D eigenvalue weighted by Gasteiger charge is 2.39. The third-order valence-corrected chi connectivity index (χ3v) is 7.82. The monoisotopic (exact) mass is 505 g/mol. The molecule has 1 aliphatic carbocycles. The quantitative estimate of drug-likeness (QED) is 0.554. The Morgan fingerprint density at radius 3 is 2.88 bits per heavy atom. The van der Waals surface area contributed by atoms with Crippen molar-refractivity contribution in [3.63, 3.8) is 0 Å². The van der Waals surface area contributed by atoms with Crippen molar-refractivity contribution in [1.82, 2.24) is 20.4 Å². The predicted octanol–water partition coefficient (Wildman–Crippen LogP) is 1.47. The van der Waals surface area contributed by atoms with Gasteiger partial charge >= 0.3 is 0 Å². The summed E-state index contributed by atoms with van der Waals surface area (Å²) >= 11 is 7.13. The van der Waals surface area contributed by atoms with Crippen molar-refractivity contribution >= 4 is 34.8 Å². The maximum atomic E-state index is 13.1. The molecule has 2 aliphatic heterocycles. The molecule has 0 radical (unpaired) electrons. The van der Waals surface area contributed by atoms with E-state index in [0.29, 0.717) is 53.0 Å². The first kappa shape index (κ1) is 24.9. The Labute approximate surface area is 207 Å². The molecule has 182 valence electrons. The Hall–Kier alpha value is -2.26. The maximum Gasteiger partial charge on any atom is 0.261 e. The molecule has 2 saturated heterocycles. The number of rotatable bonds is 5. The Bertz CT molecular complexity index is 1070. The van der Waals surface area contributed by atoms with Crippen LogP contribution in [-0.2, 0) is 9.53 Å². The van der Waals surface area contributed by atoms with Gasteiger partial charge in [0, 0.05) is 24.7 Å². The molecule has 3 N–H and O–H groups in total. The van der Waals surface area contributed by atoms with E-state index >= 15 is 0 Å². The number of carbonyl (C=O) groups excluding carboxylic acids is 2. The summed E-state index contributed by atoms with van der Waals surface area (Å²) in [6.45, 7) is 3.80. The van der Waals surface area contributed by atoms with Gasteiger partial charge < -0.3 is 20.5 Å². The minimum atomic E-state index is -0.746. The van der Waals surface area contributed by atoms with Crippen molar-refractivity contribution < 1.29 is 19.4 Å². The first-order valence-electron chi connectivity index (χ1n) is 11.1. The lowest BCUT2D eigenvalue weighted by Gasteiger charge is -2.45. The number of nitrogens with zero attached hydrogens (tertiary/aromatic N) is 3. The Balaban J connectivity index is 1.38. The first-order valence-corrected chi connectivity index (χ1v) is 12.3. The van der Waals surface area contributed by atoms with E-state index < -0.39 is 17.8 Å². The highest BCUT2D eigenvalue weighted by molar-refractivity contribution is 7.18. The van der Waals surface area contributed by atoms with Crippen LogP contribution < -0.4 is 10.6 Å². The number of aliphatic hydroxyl groups excluding tert-OH is 1. The van der Waals surface area contributed by atoms with Gasteiger partial charge in [-0.25, -0.2) is 0 Å². The maximum absolute atomic E-state index is 13.1. The standard InChI is InChI=1S/C23H28ClN5O4S/c1-23(29-7-8-33-13-20(29)30)6-5-16(14(10-23)11-25)27-21(31)17-9-15(12-28(17)2)26-22(32)18-3-4-19(24)34-18/h3-5,10,15,17,20,30H,6-9,12-13H2,1-2H3,(H,26,32)(H,27,31)/t15-,17-,20?,23?/m0/s1. The zero-order valence-electron chi connectivity index (χ0n) is 19.1. The number of aliphatic hydroxyl groups is 1. The van der Waals surface area contributed by atoms with Gasteiger partial charge in [0.15, 0.2) is 0 Å². The minimum Gasteiger partial charge on any atom is -0.376 e. The summed E-state index contributed by atoms with van der Waals surface area (Å²) in [7, 11) is 1.84. The van der Waals surface area contributed by atoms with Crippen molar-refractivity contribution in [3.05, 3.63) is 44.8 Å². The average Bonchev–Trinajstić information content (AvgIpc) is 3.40. The van der Waals surface area contributed by atoms with Gasteiger partial charge in [0.1, 0.15) is 12.3 Å². The number of ether oxygens (including phenoxy) is 1. The second kappa shape index (κ2) is 10.2. The number of carbonyl (C=O) groups is 2. The van der Waals surface area contributed by atoms with Crippen LogP contribution in [0.1, 0.15) is 29.4 Å². The van der Waals surface area contributed by atoms with Gasteiger partial charge in [0.2, 0.25) is 5.91 Å². The van der Waals surface area contributed by atoms with Gasteiger partial charge in [0.05, 0.1) is 39.7 Å². The van der Waals surface area contributed by atoms with E-state index in [1.807, 2.05) is 35.9 Å². The van der Waals surface area contributed by atoms with Gasteiger partial charge in [-0.3, -0.25) is 19.4 Å². The van der Waals surface area contributed by atoms with Crippen LogP contribution in [0, 0.1) is 11.3 Å². The summed E-state index contributed by atoms with van der Waals surface area (Å²) in [5.74, 6) is -0.425. The summed E-state index contributed by atoms with van der Waals surface area (Å²) in [5, 5.41) is 26.0. The molecule has 2 fully saturated rings. The van der Waals surface area contributed by atoms with Gasteiger partial charge in [-0.05, 0) is 45.0 Å². The number of likely N-dealkylation sites (N-methyl/N-ethyl adjacent to an activating group) is 1. The number of hydrogen-bond acceptors (Lipinski definition) is 8. The van der Waals surface area contributed by atoms with Crippen LogP contribution in [0.15, 0.2) is 35.6 Å². The summed E-state index contributed by atoms with van der Waals surface area (Å²) in [4.78, 5) is 29.9. The topological polar surface area (TPSA) is 118 Å². The van der Waals surface area contributed by atoms with Crippen LogP contribution in [-0.4, -0.2) is 83.9 Å². The van der Waals surface area contributed by atoms with Crippen LogP contribution in [0.4, 0.5) is 0 Å². The first-order chi connectivity index (χ1) is 16.2. The number of amides is 2. The lowest BCUT2D eigenvalue weighted by atomic mass is 9.86. The molecule has 0 aromatic carbocycles. The molecule has 4 rings (SSSR count). The number of allylic oxidation sites excluding steroid dienone is 1. The number of nitrogens with one attached hydrogen (secondary N) is 2. The SMILES string of the molecule is CN1C[C@@H](NC(=O)c2ccc(Cl)s2)C[C@H]1C(=O)NC1=CCC(C)(N2CCOCC2O)C=C1C#N. The highest BCUT2D eigenvalue weighted by Crippen LogP contribution is 2.32. The molecule has 2 unspecified atom stereocenters. The highest BCUT2D eigenvalue weighted by atomic mass is 35.5. The number of hydrogen-bond donors (Lipinski definition) is 3. The zero-order chi connectivity index (χ0) is 24.5. The molecule has 34 heavy (non-hydrogen) atoms. The predicted molar refractivity (Wildman–Crippen MR) is 128 cm³/mol. The van der Waals surface area contributed by atoms with Crippen molar-refractivity contribution in [2.75, 3.05) is 33.4 Å². The molecule has 11 heteroatoms. The molecular formula is C23H28ClN5O4S. The summed E-state index contributed by atoms with van der Waals surface area (Å²) in [6.07, 6.45) is 3.90. The average molecular weight is 506 g/mol. The molecule has 0 saturated carbocycles. The second-order valence-corrected chi connectivity index (χ2v) is 10.8. The van der Waals surface area contributed by atoms with E-state index in [9.17, 15) is 20.0 Å². The number of thiophene rings is 1. The van der Waals surface area contributed by atoms with Gasteiger partial charge in [0.25, 0.3) is 5.91 Å². The van der Waals surface area contributed by atoms with Crippen LogP contribution >= 0.6 is 22.9 Å². The Kier molecular flexibility index (Phi) is 7.42. The molecule has 1 aromatic heterocycles. The van der Waals surface area contributed by atoms with Crippen molar-refractivity contribution in [1.29, 1.82) is 5.26 Å². The molecule has 0 bridgehead atoms. The summed E-state index contributed by atoms with van der Waals surface area (Å²) in [5.41, 5.74) is 0.287. The van der Waals surface area contributed by atoms with Crippen molar-refractivity contribution in [2.45, 2.75) is 43.6 Å². The smallest absolute Gasteiger partial charge is 0.261 e. The van der Waals surface area contributed by atoms with Crippen LogP contribution in [0.3, 0.4) is 0 Å². The molecule has 2 amide bonds. The molecule has 0 spiro atoms. The van der Waals surface area contributed by atoms with Gasteiger partial charge in [-0.15, -0.1) is 11.3 Å². The number of halogens is 1. The summed E-state index contributed by atoms with van der Waals surface area (Å²) < 4.78 is 5.86. The van der Waals surface area contributed by atoms with E-state index in [4.69, 9.17) is 16.3 Å². The van der Waals surface area contributed by atoms with Gasteiger partial charge in [-0.1, -0.05) is 17.7 Å². The van der Waals surface area contributed by atoms with Crippen LogP contribution in [0.2, 0.25) is 4.34 Å². The fraction of sp³-hybridized carbons (Fsp3) is 0.522. The van der Waals surface area contributed by atoms with Crippen molar-refractivity contribution in [2.24, 2.45) is 0 Å². The normalized spacial score (nSPS) is 30.3. The largest absolute Gasteiger partial charge is 0.376 e. The third kappa shape index (κ3) is 5.20. The number of likely N-dealkylation sites (tertiary alicyclic amines) is 1. The van der Waals surface area contributed by atoms with E-state index in [2.05, 4.69) is 16.7 Å².